The Balaban J connectivity index is 1.64. The minimum Gasteiger partial charge on any atom is -0.491 e. The molecule has 0 saturated heterocycles. The number of amides is 1. The molecule has 134 valence electrons. The maximum atomic E-state index is 12.3. The fourth-order valence-corrected chi connectivity index (χ4v) is 2.43. The highest BCUT2D eigenvalue weighted by Gasteiger charge is 2.15. The molecule has 1 heterocycles. The van der Waals surface area contributed by atoms with Gasteiger partial charge in [0.05, 0.1) is 12.3 Å². The van der Waals surface area contributed by atoms with E-state index in [-0.39, 0.29) is 18.3 Å². The summed E-state index contributed by atoms with van der Waals surface area (Å²) in [6.45, 7) is 0.990. The van der Waals surface area contributed by atoms with Gasteiger partial charge in [-0.05, 0) is 48.0 Å². The third-order valence-corrected chi connectivity index (χ3v) is 3.76. The van der Waals surface area contributed by atoms with Gasteiger partial charge < -0.3 is 19.5 Å². The highest BCUT2D eigenvalue weighted by molar-refractivity contribution is 6.07. The van der Waals surface area contributed by atoms with Gasteiger partial charge in [0.1, 0.15) is 18.1 Å². The Labute approximate surface area is 151 Å². The van der Waals surface area contributed by atoms with Gasteiger partial charge >= 0.3 is 0 Å². The Morgan fingerprint density at radius 2 is 2.00 bits per heavy atom. The zero-order valence-corrected chi connectivity index (χ0v) is 14.4. The average molecular weight is 353 g/mol. The van der Waals surface area contributed by atoms with E-state index in [0.29, 0.717) is 36.0 Å². The summed E-state index contributed by atoms with van der Waals surface area (Å²) in [7, 11) is 1.61. The number of hydrogen-bond acceptors (Lipinski definition) is 5. The maximum absolute atomic E-state index is 12.3. The molecule has 0 atom stereocenters. The van der Waals surface area contributed by atoms with Crippen LogP contribution in [-0.4, -0.2) is 38.6 Å². The molecule has 0 fully saturated rings. The SMILES string of the molecule is COCCOc1ccc(C(=O)/C=C/c2ccc3c(c2)NC(=O)CO3)cc1. The Hall–Kier alpha value is -3.12. The Bertz CT molecular complexity index is 827. The van der Waals surface area contributed by atoms with Crippen LogP contribution >= 0.6 is 0 Å². The van der Waals surface area contributed by atoms with Crippen LogP contribution in [0.2, 0.25) is 0 Å². The first-order chi connectivity index (χ1) is 12.7. The lowest BCUT2D eigenvalue weighted by atomic mass is 10.1. The number of carbonyl (C=O) groups is 2. The fourth-order valence-electron chi connectivity index (χ4n) is 2.43. The van der Waals surface area contributed by atoms with Gasteiger partial charge in [0.15, 0.2) is 12.4 Å². The van der Waals surface area contributed by atoms with Crippen molar-refractivity contribution in [3.63, 3.8) is 0 Å². The van der Waals surface area contributed by atoms with E-state index in [4.69, 9.17) is 14.2 Å². The van der Waals surface area contributed by atoms with Crippen molar-refractivity contribution >= 4 is 23.5 Å². The summed E-state index contributed by atoms with van der Waals surface area (Å²) in [6.07, 6.45) is 3.19. The minimum atomic E-state index is -0.192. The molecule has 0 aliphatic carbocycles. The van der Waals surface area contributed by atoms with Crippen LogP contribution in [0.3, 0.4) is 0 Å². The molecule has 0 radical (unpaired) electrons. The van der Waals surface area contributed by atoms with E-state index in [0.717, 1.165) is 5.56 Å². The smallest absolute Gasteiger partial charge is 0.262 e. The molecule has 1 aliphatic rings. The lowest BCUT2D eigenvalue weighted by Crippen LogP contribution is -2.25. The molecular weight excluding hydrogens is 334 g/mol. The van der Waals surface area contributed by atoms with Gasteiger partial charge in [-0.25, -0.2) is 0 Å². The second kappa shape index (κ2) is 8.31. The topological polar surface area (TPSA) is 73.9 Å². The summed E-state index contributed by atoms with van der Waals surface area (Å²) in [6, 6.07) is 12.3. The summed E-state index contributed by atoms with van der Waals surface area (Å²) >= 11 is 0. The van der Waals surface area contributed by atoms with Crippen molar-refractivity contribution in [1.82, 2.24) is 0 Å². The van der Waals surface area contributed by atoms with Crippen molar-refractivity contribution in [3.05, 3.63) is 59.7 Å². The number of hydrogen-bond donors (Lipinski definition) is 1. The standard InChI is InChI=1S/C20H19NO5/c1-24-10-11-25-16-6-4-15(5-7-16)18(22)8-2-14-3-9-19-17(12-14)21-20(23)13-26-19/h2-9,12H,10-11,13H2,1H3,(H,21,23)/b8-2+. The fraction of sp³-hybridized carbons (Fsp3) is 0.200. The van der Waals surface area contributed by atoms with Crippen LogP contribution in [0.5, 0.6) is 11.5 Å². The van der Waals surface area contributed by atoms with Crippen molar-refractivity contribution in [3.8, 4) is 11.5 Å². The number of ketones is 1. The van der Waals surface area contributed by atoms with Crippen molar-refractivity contribution in [2.75, 3.05) is 32.2 Å². The molecule has 2 aromatic carbocycles. The van der Waals surface area contributed by atoms with Gasteiger partial charge in [-0.15, -0.1) is 0 Å². The van der Waals surface area contributed by atoms with Gasteiger partial charge in [0.2, 0.25) is 0 Å². The van der Waals surface area contributed by atoms with E-state index in [9.17, 15) is 9.59 Å². The number of anilines is 1. The van der Waals surface area contributed by atoms with Crippen LogP contribution in [0.1, 0.15) is 15.9 Å². The molecule has 0 aromatic heterocycles. The molecule has 26 heavy (non-hydrogen) atoms. The Morgan fingerprint density at radius 3 is 2.77 bits per heavy atom. The normalized spacial score (nSPS) is 13.0. The zero-order chi connectivity index (χ0) is 18.4. The molecule has 0 saturated carbocycles. The van der Waals surface area contributed by atoms with E-state index < -0.39 is 0 Å². The van der Waals surface area contributed by atoms with E-state index in [2.05, 4.69) is 5.32 Å². The molecule has 3 rings (SSSR count). The van der Waals surface area contributed by atoms with Gasteiger partial charge in [0.25, 0.3) is 5.91 Å². The molecule has 1 amide bonds. The first-order valence-corrected chi connectivity index (χ1v) is 8.16. The van der Waals surface area contributed by atoms with Gasteiger partial charge in [0, 0.05) is 12.7 Å². The van der Waals surface area contributed by atoms with E-state index >= 15 is 0 Å². The summed E-state index contributed by atoms with van der Waals surface area (Å²) < 4.78 is 15.7. The summed E-state index contributed by atoms with van der Waals surface area (Å²) in [5.41, 5.74) is 1.96. The number of nitrogens with one attached hydrogen (secondary N) is 1. The largest absolute Gasteiger partial charge is 0.491 e. The lowest BCUT2D eigenvalue weighted by molar-refractivity contribution is -0.118. The minimum absolute atomic E-state index is 0.0197. The summed E-state index contributed by atoms with van der Waals surface area (Å²) in [4.78, 5) is 23.7. The molecule has 0 unspecified atom stereocenters. The number of fused-ring (bicyclic) bond motifs is 1. The maximum Gasteiger partial charge on any atom is 0.262 e. The lowest BCUT2D eigenvalue weighted by Gasteiger charge is -2.17. The number of rotatable bonds is 7. The van der Waals surface area contributed by atoms with Crippen LogP contribution in [0.15, 0.2) is 48.5 Å². The van der Waals surface area contributed by atoms with Gasteiger partial charge in [-0.3, -0.25) is 9.59 Å². The average Bonchev–Trinajstić information content (AvgIpc) is 2.66. The number of allylic oxidation sites excluding steroid dienone is 1. The number of carbonyl (C=O) groups excluding carboxylic acids is 2. The van der Waals surface area contributed by atoms with Crippen LogP contribution in [0, 0.1) is 0 Å². The molecule has 6 heteroatoms. The van der Waals surface area contributed by atoms with E-state index in [1.807, 2.05) is 6.07 Å². The van der Waals surface area contributed by atoms with Crippen molar-refractivity contribution in [2.24, 2.45) is 0 Å². The first-order valence-electron chi connectivity index (χ1n) is 8.16. The second-order valence-electron chi connectivity index (χ2n) is 5.66. The highest BCUT2D eigenvalue weighted by atomic mass is 16.5. The predicted octanol–water partition coefficient (Wildman–Crippen LogP) is 2.94. The molecular formula is C20H19NO5. The van der Waals surface area contributed by atoms with E-state index in [1.54, 1.807) is 49.6 Å². The molecule has 1 aliphatic heterocycles. The van der Waals surface area contributed by atoms with Crippen LogP contribution < -0.4 is 14.8 Å². The predicted molar refractivity (Wildman–Crippen MR) is 97.7 cm³/mol. The van der Waals surface area contributed by atoms with Gasteiger partial charge in [-0.2, -0.15) is 0 Å². The van der Waals surface area contributed by atoms with E-state index in [1.165, 1.54) is 6.08 Å². The Kier molecular flexibility index (Phi) is 5.66. The summed E-state index contributed by atoms with van der Waals surface area (Å²) in [5, 5.41) is 2.74. The van der Waals surface area contributed by atoms with Crippen molar-refractivity contribution in [2.45, 2.75) is 0 Å². The van der Waals surface area contributed by atoms with Crippen LogP contribution in [0.25, 0.3) is 6.08 Å². The Morgan fingerprint density at radius 1 is 1.19 bits per heavy atom. The first kappa shape index (κ1) is 17.7. The monoisotopic (exact) mass is 353 g/mol. The molecule has 0 spiro atoms. The molecule has 1 N–H and O–H groups in total. The van der Waals surface area contributed by atoms with Crippen molar-refractivity contribution in [1.29, 1.82) is 0 Å². The molecule has 0 bridgehead atoms. The zero-order valence-electron chi connectivity index (χ0n) is 14.4. The quantitative estimate of drug-likeness (QED) is 0.471. The number of ether oxygens (including phenoxy) is 3. The molecule has 2 aromatic rings. The number of methoxy groups -OCH3 is 1. The van der Waals surface area contributed by atoms with Crippen molar-refractivity contribution < 1.29 is 23.8 Å². The van der Waals surface area contributed by atoms with Gasteiger partial charge in [-0.1, -0.05) is 12.1 Å². The highest BCUT2D eigenvalue weighted by Crippen LogP contribution is 2.28. The summed E-state index contributed by atoms with van der Waals surface area (Å²) in [5.74, 6) is 0.999. The third kappa shape index (κ3) is 4.49. The molecule has 6 nitrogen and oxygen atoms in total. The van der Waals surface area contributed by atoms with Crippen LogP contribution in [0.4, 0.5) is 5.69 Å². The number of benzene rings is 2. The second-order valence-corrected chi connectivity index (χ2v) is 5.66. The third-order valence-electron chi connectivity index (χ3n) is 3.76. The van der Waals surface area contributed by atoms with Crippen LogP contribution in [-0.2, 0) is 9.53 Å².